The Bertz CT molecular complexity index is 583. The Kier molecular flexibility index (Phi) is 3.44. The summed E-state index contributed by atoms with van der Waals surface area (Å²) in [5.74, 6) is -0.688. The van der Waals surface area contributed by atoms with Crippen molar-refractivity contribution in [2.45, 2.75) is 6.92 Å². The molecule has 0 saturated carbocycles. The van der Waals surface area contributed by atoms with E-state index in [9.17, 15) is 15.0 Å². The third kappa shape index (κ3) is 2.15. The molecule has 1 fully saturated rings. The van der Waals surface area contributed by atoms with Crippen molar-refractivity contribution < 1.29 is 15.0 Å². The summed E-state index contributed by atoms with van der Waals surface area (Å²) in [5, 5.41) is 19.6. The van der Waals surface area contributed by atoms with Gasteiger partial charge in [-0.3, -0.25) is 9.69 Å². The zero-order valence-corrected chi connectivity index (χ0v) is 11.4. The Morgan fingerprint density at radius 2 is 2.05 bits per heavy atom. The number of likely N-dealkylation sites (N-methyl/N-ethyl adjacent to an activating group) is 2. The van der Waals surface area contributed by atoms with E-state index >= 15 is 0 Å². The highest BCUT2D eigenvalue weighted by Crippen LogP contribution is 2.31. The van der Waals surface area contributed by atoms with Gasteiger partial charge < -0.3 is 15.1 Å². The van der Waals surface area contributed by atoms with E-state index in [2.05, 4.69) is 0 Å². The average molecular weight is 278 g/mol. The second-order valence-electron chi connectivity index (χ2n) is 4.14. The summed E-state index contributed by atoms with van der Waals surface area (Å²) in [4.78, 5) is 15.2. The lowest BCUT2D eigenvalue weighted by Crippen LogP contribution is -2.30. The summed E-state index contributed by atoms with van der Waals surface area (Å²) >= 11 is 5.17. The SMILES string of the molecule is CCN1C(=O)C(=Cc2cccc(O)c2O)N(C)C1=S. The normalized spacial score (nSPS) is 17.7. The number of thiocarbonyl (C=S) groups is 1. The van der Waals surface area contributed by atoms with Crippen molar-refractivity contribution in [1.82, 2.24) is 9.80 Å². The summed E-state index contributed by atoms with van der Waals surface area (Å²) < 4.78 is 0. The quantitative estimate of drug-likeness (QED) is 0.488. The van der Waals surface area contributed by atoms with Crippen molar-refractivity contribution >= 4 is 29.3 Å². The van der Waals surface area contributed by atoms with Gasteiger partial charge in [0.15, 0.2) is 16.6 Å². The molecule has 0 radical (unpaired) electrons. The van der Waals surface area contributed by atoms with E-state index in [4.69, 9.17) is 12.2 Å². The maximum atomic E-state index is 12.1. The Morgan fingerprint density at radius 1 is 1.37 bits per heavy atom. The number of amides is 1. The van der Waals surface area contributed by atoms with Gasteiger partial charge in [0, 0.05) is 19.2 Å². The van der Waals surface area contributed by atoms with Crippen LogP contribution in [-0.2, 0) is 4.79 Å². The lowest BCUT2D eigenvalue weighted by atomic mass is 10.1. The lowest BCUT2D eigenvalue weighted by Gasteiger charge is -2.13. The molecule has 0 atom stereocenters. The van der Waals surface area contributed by atoms with Crippen LogP contribution < -0.4 is 0 Å². The predicted octanol–water partition coefficient (Wildman–Crippen LogP) is 1.52. The van der Waals surface area contributed by atoms with Gasteiger partial charge in [0.2, 0.25) is 0 Å². The van der Waals surface area contributed by atoms with E-state index in [0.29, 0.717) is 22.9 Å². The molecule has 1 heterocycles. The summed E-state index contributed by atoms with van der Waals surface area (Å²) in [7, 11) is 1.70. The number of aromatic hydroxyl groups is 2. The number of rotatable bonds is 2. The molecule has 5 nitrogen and oxygen atoms in total. The molecule has 0 bridgehead atoms. The van der Waals surface area contributed by atoms with Gasteiger partial charge in [0.25, 0.3) is 5.91 Å². The second kappa shape index (κ2) is 4.89. The number of hydrogen-bond donors (Lipinski definition) is 2. The molecular formula is C13H14N2O3S. The molecule has 19 heavy (non-hydrogen) atoms. The summed E-state index contributed by atoms with van der Waals surface area (Å²) in [6.07, 6.45) is 1.51. The molecule has 0 aromatic heterocycles. The minimum Gasteiger partial charge on any atom is -0.504 e. The van der Waals surface area contributed by atoms with E-state index in [0.717, 1.165) is 0 Å². The predicted molar refractivity (Wildman–Crippen MR) is 75.5 cm³/mol. The van der Waals surface area contributed by atoms with Crippen molar-refractivity contribution in [3.05, 3.63) is 29.5 Å². The zero-order chi connectivity index (χ0) is 14.2. The van der Waals surface area contributed by atoms with E-state index in [1.54, 1.807) is 24.1 Å². The number of phenols is 2. The van der Waals surface area contributed by atoms with Crippen LogP contribution in [0.15, 0.2) is 23.9 Å². The molecule has 0 aliphatic carbocycles. The third-order valence-electron chi connectivity index (χ3n) is 3.00. The number of carbonyl (C=O) groups excluding carboxylic acids is 1. The molecule has 1 saturated heterocycles. The Hall–Kier alpha value is -2.08. The number of phenolic OH excluding ortho intramolecular Hbond substituents is 2. The topological polar surface area (TPSA) is 64.0 Å². The summed E-state index contributed by atoms with van der Waals surface area (Å²) in [5.41, 5.74) is 0.740. The van der Waals surface area contributed by atoms with Crippen LogP contribution in [0.3, 0.4) is 0 Å². The van der Waals surface area contributed by atoms with Crippen molar-refractivity contribution in [2.75, 3.05) is 13.6 Å². The highest BCUT2D eigenvalue weighted by Gasteiger charge is 2.34. The van der Waals surface area contributed by atoms with Gasteiger partial charge in [0.1, 0.15) is 5.70 Å². The molecule has 0 spiro atoms. The fourth-order valence-electron chi connectivity index (χ4n) is 1.90. The molecule has 1 aromatic carbocycles. The van der Waals surface area contributed by atoms with Crippen LogP contribution in [0.1, 0.15) is 12.5 Å². The maximum absolute atomic E-state index is 12.1. The van der Waals surface area contributed by atoms with Crippen LogP contribution >= 0.6 is 12.2 Å². The fraction of sp³-hybridized carbons (Fsp3) is 0.231. The molecule has 1 aromatic rings. The van der Waals surface area contributed by atoms with Crippen LogP contribution in [0.5, 0.6) is 11.5 Å². The molecule has 2 rings (SSSR count). The van der Waals surface area contributed by atoms with Crippen LogP contribution in [0.25, 0.3) is 6.08 Å². The Labute approximate surface area is 116 Å². The zero-order valence-electron chi connectivity index (χ0n) is 10.6. The minimum atomic E-state index is -0.253. The molecule has 6 heteroatoms. The Morgan fingerprint density at radius 3 is 2.63 bits per heavy atom. The fourth-order valence-corrected chi connectivity index (χ4v) is 2.21. The van der Waals surface area contributed by atoms with Crippen LogP contribution in [-0.4, -0.2) is 44.6 Å². The van der Waals surface area contributed by atoms with E-state index in [1.165, 1.54) is 17.0 Å². The lowest BCUT2D eigenvalue weighted by molar-refractivity contribution is -0.122. The number of hydrogen-bond acceptors (Lipinski definition) is 4. The van der Waals surface area contributed by atoms with E-state index in [-0.39, 0.29) is 17.4 Å². The van der Waals surface area contributed by atoms with Gasteiger partial charge >= 0.3 is 0 Å². The van der Waals surface area contributed by atoms with Crippen LogP contribution in [0.2, 0.25) is 0 Å². The molecule has 2 N–H and O–H groups in total. The third-order valence-corrected chi connectivity index (χ3v) is 3.49. The number of benzene rings is 1. The van der Waals surface area contributed by atoms with Gasteiger partial charge in [-0.1, -0.05) is 12.1 Å². The summed E-state index contributed by atoms with van der Waals surface area (Å²) in [6, 6.07) is 4.58. The molecule has 1 aliphatic rings. The molecule has 0 unspecified atom stereocenters. The van der Waals surface area contributed by atoms with Gasteiger partial charge in [0.05, 0.1) is 0 Å². The molecule has 1 aliphatic heterocycles. The molecule has 100 valence electrons. The minimum absolute atomic E-state index is 0.210. The molecular weight excluding hydrogens is 264 g/mol. The first-order chi connectivity index (χ1) is 8.97. The van der Waals surface area contributed by atoms with E-state index < -0.39 is 0 Å². The first-order valence-corrected chi connectivity index (χ1v) is 6.20. The Balaban J connectivity index is 2.47. The monoisotopic (exact) mass is 278 g/mol. The second-order valence-corrected chi connectivity index (χ2v) is 4.50. The smallest absolute Gasteiger partial charge is 0.276 e. The summed E-state index contributed by atoms with van der Waals surface area (Å²) in [6.45, 7) is 2.33. The van der Waals surface area contributed by atoms with Crippen molar-refractivity contribution in [3.63, 3.8) is 0 Å². The van der Waals surface area contributed by atoms with Gasteiger partial charge in [-0.15, -0.1) is 0 Å². The maximum Gasteiger partial charge on any atom is 0.276 e. The van der Waals surface area contributed by atoms with Gasteiger partial charge in [-0.05, 0) is 31.3 Å². The van der Waals surface area contributed by atoms with Crippen molar-refractivity contribution in [2.24, 2.45) is 0 Å². The highest BCUT2D eigenvalue weighted by molar-refractivity contribution is 7.80. The van der Waals surface area contributed by atoms with Crippen LogP contribution in [0, 0.1) is 0 Å². The molecule has 1 amide bonds. The number of para-hydroxylation sites is 1. The standard InChI is InChI=1S/C13H14N2O3S/c1-3-15-12(18)9(14(2)13(15)19)7-8-5-4-6-10(16)11(8)17/h4-7,16-17H,3H2,1-2H3. The van der Waals surface area contributed by atoms with Crippen molar-refractivity contribution in [3.8, 4) is 11.5 Å². The number of nitrogens with zero attached hydrogens (tertiary/aromatic N) is 2. The van der Waals surface area contributed by atoms with Crippen molar-refractivity contribution in [1.29, 1.82) is 0 Å². The largest absolute Gasteiger partial charge is 0.504 e. The van der Waals surface area contributed by atoms with Crippen LogP contribution in [0.4, 0.5) is 0 Å². The van der Waals surface area contributed by atoms with Gasteiger partial charge in [-0.2, -0.15) is 0 Å². The van der Waals surface area contributed by atoms with Gasteiger partial charge in [-0.25, -0.2) is 0 Å². The van der Waals surface area contributed by atoms with E-state index in [1.807, 2.05) is 6.92 Å². The number of carbonyl (C=O) groups is 1. The highest BCUT2D eigenvalue weighted by atomic mass is 32.1. The first kappa shape index (κ1) is 13.4. The first-order valence-electron chi connectivity index (χ1n) is 5.79. The average Bonchev–Trinajstić information content (AvgIpc) is 2.58.